The first-order valence-electron chi connectivity index (χ1n) is 8.75. The summed E-state index contributed by atoms with van der Waals surface area (Å²) in [5.74, 6) is 3.00. The molecule has 2 N–H and O–H groups in total. The molecule has 0 bridgehead atoms. The average molecular weight is 465 g/mol. The first-order valence-corrected chi connectivity index (χ1v) is 9.80. The number of aryl methyl sites for hydroxylation is 2. The summed E-state index contributed by atoms with van der Waals surface area (Å²) in [5.41, 5.74) is 2.48. The molecule has 1 aliphatic rings. The molecule has 1 aromatic heterocycles. The smallest absolute Gasteiger partial charge is 0.193 e. The highest BCUT2D eigenvalue weighted by atomic mass is 127. The fourth-order valence-corrected chi connectivity index (χ4v) is 4.08. The summed E-state index contributed by atoms with van der Waals surface area (Å²) >= 11 is 2.10. The Balaban J connectivity index is 0.00000288. The highest BCUT2D eigenvalue weighted by Crippen LogP contribution is 2.24. The van der Waals surface area contributed by atoms with Gasteiger partial charge in [-0.15, -0.1) is 24.0 Å². The van der Waals surface area contributed by atoms with Crippen LogP contribution in [0.3, 0.4) is 0 Å². The Morgan fingerprint density at radius 1 is 1.54 bits per heavy atom. The second kappa shape index (κ2) is 11.2. The highest BCUT2D eigenvalue weighted by molar-refractivity contribution is 14.0. The quantitative estimate of drug-likeness (QED) is 0.293. The molecule has 1 fully saturated rings. The molecule has 0 saturated carbocycles. The van der Waals surface area contributed by atoms with E-state index in [1.807, 2.05) is 6.20 Å². The predicted octanol–water partition coefficient (Wildman–Crippen LogP) is 3.31. The van der Waals surface area contributed by atoms with E-state index in [0.717, 1.165) is 50.9 Å². The van der Waals surface area contributed by atoms with Crippen LogP contribution in [0.2, 0.25) is 0 Å². The van der Waals surface area contributed by atoms with Gasteiger partial charge in [0.1, 0.15) is 0 Å². The molecular formula is C17H32IN5S. The maximum Gasteiger partial charge on any atom is 0.193 e. The van der Waals surface area contributed by atoms with Gasteiger partial charge < -0.3 is 10.2 Å². The largest absolute Gasteiger partial charge is 0.357 e. The van der Waals surface area contributed by atoms with Crippen LogP contribution in [0.1, 0.15) is 38.4 Å². The van der Waals surface area contributed by atoms with E-state index in [2.05, 4.69) is 59.9 Å². The van der Waals surface area contributed by atoms with E-state index in [4.69, 9.17) is 4.99 Å². The van der Waals surface area contributed by atoms with Crippen LogP contribution in [0, 0.1) is 12.8 Å². The second-order valence-electron chi connectivity index (χ2n) is 6.46. The summed E-state index contributed by atoms with van der Waals surface area (Å²) in [6.45, 7) is 12.8. The van der Waals surface area contributed by atoms with E-state index >= 15 is 0 Å². The summed E-state index contributed by atoms with van der Waals surface area (Å²) in [6.07, 6.45) is 4.03. The maximum atomic E-state index is 4.85. The molecule has 1 atom stereocenters. The average Bonchev–Trinajstić information content (AvgIpc) is 2.95. The lowest BCUT2D eigenvalue weighted by molar-refractivity contribution is 0.381. The molecule has 2 heterocycles. The molecule has 0 spiro atoms. The van der Waals surface area contributed by atoms with E-state index < -0.39 is 0 Å². The number of aliphatic imine (C=N–C) groups is 1. The van der Waals surface area contributed by atoms with Crippen molar-refractivity contribution in [2.24, 2.45) is 10.9 Å². The van der Waals surface area contributed by atoms with E-state index in [0.29, 0.717) is 5.25 Å². The Kier molecular flexibility index (Phi) is 10.1. The molecule has 0 aliphatic carbocycles. The lowest BCUT2D eigenvalue weighted by Crippen LogP contribution is -2.49. The van der Waals surface area contributed by atoms with Crippen molar-refractivity contribution in [2.75, 3.05) is 31.9 Å². The van der Waals surface area contributed by atoms with Gasteiger partial charge >= 0.3 is 0 Å². The van der Waals surface area contributed by atoms with Gasteiger partial charge in [0, 0.05) is 42.9 Å². The summed E-state index contributed by atoms with van der Waals surface area (Å²) in [6, 6.07) is 0. The van der Waals surface area contributed by atoms with Crippen LogP contribution < -0.4 is 5.32 Å². The molecule has 1 unspecified atom stereocenters. The van der Waals surface area contributed by atoms with Crippen molar-refractivity contribution >= 4 is 41.7 Å². The second-order valence-corrected chi connectivity index (χ2v) is 7.81. The van der Waals surface area contributed by atoms with Crippen molar-refractivity contribution in [3.05, 3.63) is 17.5 Å². The van der Waals surface area contributed by atoms with Gasteiger partial charge in [-0.25, -0.2) is 0 Å². The molecule has 0 aromatic carbocycles. The molecule has 5 nitrogen and oxygen atoms in total. The van der Waals surface area contributed by atoms with E-state index in [9.17, 15) is 0 Å². The SMILES string of the molecule is CCNC(=NCCCc1cn[nH]c1C)N1CCSC(C(C)C)C1.I. The van der Waals surface area contributed by atoms with Crippen LogP contribution in [0.5, 0.6) is 0 Å². The van der Waals surface area contributed by atoms with Crippen molar-refractivity contribution in [3.8, 4) is 0 Å². The van der Waals surface area contributed by atoms with Gasteiger partial charge in [0.15, 0.2) is 5.96 Å². The number of guanidine groups is 1. The lowest BCUT2D eigenvalue weighted by Gasteiger charge is -2.36. The van der Waals surface area contributed by atoms with E-state index in [1.165, 1.54) is 17.0 Å². The minimum absolute atomic E-state index is 0. The van der Waals surface area contributed by atoms with Gasteiger partial charge in [-0.05, 0) is 38.2 Å². The van der Waals surface area contributed by atoms with Crippen LogP contribution >= 0.6 is 35.7 Å². The van der Waals surface area contributed by atoms with Gasteiger partial charge in [-0.2, -0.15) is 16.9 Å². The molecule has 1 aromatic rings. The van der Waals surface area contributed by atoms with E-state index in [1.54, 1.807) is 0 Å². The van der Waals surface area contributed by atoms with Gasteiger partial charge in [0.2, 0.25) is 0 Å². The number of thioether (sulfide) groups is 1. The Morgan fingerprint density at radius 2 is 2.33 bits per heavy atom. The van der Waals surface area contributed by atoms with Gasteiger partial charge in [-0.1, -0.05) is 13.8 Å². The number of nitrogens with one attached hydrogen (secondary N) is 2. The van der Waals surface area contributed by atoms with Gasteiger partial charge in [0.05, 0.1) is 6.20 Å². The van der Waals surface area contributed by atoms with Crippen LogP contribution in [0.4, 0.5) is 0 Å². The Morgan fingerprint density at radius 3 is 2.96 bits per heavy atom. The van der Waals surface area contributed by atoms with Crippen molar-refractivity contribution in [3.63, 3.8) is 0 Å². The first-order chi connectivity index (χ1) is 11.1. The normalized spacial score (nSPS) is 18.6. The topological polar surface area (TPSA) is 56.3 Å². The lowest BCUT2D eigenvalue weighted by atomic mass is 10.1. The number of hydrogen-bond donors (Lipinski definition) is 2. The number of aromatic amines is 1. The number of aromatic nitrogens is 2. The zero-order valence-corrected chi connectivity index (χ0v) is 18.5. The minimum atomic E-state index is 0. The number of H-pyrrole nitrogens is 1. The van der Waals surface area contributed by atoms with Crippen LogP contribution in [0.25, 0.3) is 0 Å². The monoisotopic (exact) mass is 465 g/mol. The Labute approximate surface area is 167 Å². The van der Waals surface area contributed by atoms with Crippen molar-refractivity contribution in [1.82, 2.24) is 20.4 Å². The molecular weight excluding hydrogens is 433 g/mol. The van der Waals surface area contributed by atoms with Crippen LogP contribution in [-0.2, 0) is 6.42 Å². The molecule has 2 rings (SSSR count). The molecule has 7 heteroatoms. The Bertz CT molecular complexity index is 503. The number of hydrogen-bond acceptors (Lipinski definition) is 3. The standard InChI is InChI=1S/C17H31N5S.HI/c1-5-18-17(22-9-10-23-16(12-22)13(2)3)19-8-6-7-15-11-20-21-14(15)4;/h11,13,16H,5-10,12H2,1-4H3,(H,18,19)(H,20,21);1H. The van der Waals surface area contributed by atoms with E-state index in [-0.39, 0.29) is 24.0 Å². The number of halogens is 1. The molecule has 0 amide bonds. The Hall–Kier alpha value is -0.440. The zero-order chi connectivity index (χ0) is 16.7. The highest BCUT2D eigenvalue weighted by Gasteiger charge is 2.24. The molecule has 0 radical (unpaired) electrons. The van der Waals surface area contributed by atoms with Crippen LogP contribution in [0.15, 0.2) is 11.2 Å². The third-order valence-corrected chi connectivity index (χ3v) is 5.81. The molecule has 138 valence electrons. The zero-order valence-electron chi connectivity index (χ0n) is 15.3. The summed E-state index contributed by atoms with van der Waals surface area (Å²) < 4.78 is 0. The maximum absolute atomic E-state index is 4.85. The first kappa shape index (κ1) is 21.6. The van der Waals surface area contributed by atoms with Gasteiger partial charge in [-0.3, -0.25) is 10.1 Å². The van der Waals surface area contributed by atoms with Crippen LogP contribution in [-0.4, -0.2) is 58.2 Å². The molecule has 1 aliphatic heterocycles. The summed E-state index contributed by atoms with van der Waals surface area (Å²) in [7, 11) is 0. The van der Waals surface area contributed by atoms with Gasteiger partial charge in [0.25, 0.3) is 0 Å². The fourth-order valence-electron chi connectivity index (χ4n) is 2.78. The van der Waals surface area contributed by atoms with Crippen molar-refractivity contribution < 1.29 is 0 Å². The number of rotatable bonds is 6. The third kappa shape index (κ3) is 6.46. The summed E-state index contributed by atoms with van der Waals surface area (Å²) in [5, 5.41) is 11.3. The molecule has 24 heavy (non-hydrogen) atoms. The van der Waals surface area contributed by atoms with Crippen molar-refractivity contribution in [2.45, 2.75) is 45.8 Å². The third-order valence-electron chi connectivity index (χ3n) is 4.27. The minimum Gasteiger partial charge on any atom is -0.357 e. The fraction of sp³-hybridized carbons (Fsp3) is 0.765. The predicted molar refractivity (Wildman–Crippen MR) is 116 cm³/mol. The summed E-state index contributed by atoms with van der Waals surface area (Å²) in [4.78, 5) is 7.29. The number of nitrogens with zero attached hydrogens (tertiary/aromatic N) is 3. The van der Waals surface area contributed by atoms with Crippen molar-refractivity contribution in [1.29, 1.82) is 0 Å². The molecule has 1 saturated heterocycles.